The zero-order valence-corrected chi connectivity index (χ0v) is 15.6. The molecule has 140 valence electrons. The second-order valence-electron chi connectivity index (χ2n) is 7.17. The first-order chi connectivity index (χ1) is 13.2. The van der Waals surface area contributed by atoms with Crippen LogP contribution in [0.4, 0.5) is 5.82 Å². The van der Waals surface area contributed by atoms with Crippen LogP contribution >= 0.6 is 0 Å². The number of aryl methyl sites for hydroxylation is 1. The summed E-state index contributed by atoms with van der Waals surface area (Å²) in [6, 6.07) is 12.0. The monoisotopic (exact) mass is 363 g/mol. The molecule has 0 saturated heterocycles. The summed E-state index contributed by atoms with van der Waals surface area (Å²) in [7, 11) is 0. The minimum absolute atomic E-state index is 0.0357. The minimum atomic E-state index is 0.0357. The number of aromatic nitrogens is 3. The Morgan fingerprint density at radius 3 is 2.81 bits per heavy atom. The van der Waals surface area contributed by atoms with Crippen molar-refractivity contribution >= 4 is 22.8 Å². The topological polar surface area (TPSA) is 71.8 Å². The summed E-state index contributed by atoms with van der Waals surface area (Å²) in [4.78, 5) is 21.5. The summed E-state index contributed by atoms with van der Waals surface area (Å²) in [5, 5.41) is 6.29. The molecule has 2 N–H and O–H groups in total. The van der Waals surface area contributed by atoms with Crippen LogP contribution in [0.25, 0.3) is 11.0 Å². The third-order valence-electron chi connectivity index (χ3n) is 4.82. The molecule has 6 heteroatoms. The lowest BCUT2D eigenvalue weighted by molar-refractivity contribution is -0.121. The van der Waals surface area contributed by atoms with Crippen LogP contribution in [0.2, 0.25) is 0 Å². The van der Waals surface area contributed by atoms with Gasteiger partial charge in [-0.1, -0.05) is 18.2 Å². The Labute approximate surface area is 159 Å². The number of carbonyl (C=O) groups is 1. The highest BCUT2D eigenvalue weighted by Gasteiger charge is 2.30. The maximum Gasteiger partial charge on any atom is 0.240 e. The molecular weight excluding hydrogens is 338 g/mol. The van der Waals surface area contributed by atoms with Gasteiger partial charge in [-0.3, -0.25) is 4.79 Å². The smallest absolute Gasteiger partial charge is 0.240 e. The van der Waals surface area contributed by atoms with E-state index < -0.39 is 0 Å². The number of pyridine rings is 1. The van der Waals surface area contributed by atoms with E-state index in [0.717, 1.165) is 41.2 Å². The lowest BCUT2D eigenvalue weighted by Crippen LogP contribution is -2.29. The van der Waals surface area contributed by atoms with Gasteiger partial charge in [-0.2, -0.15) is 0 Å². The van der Waals surface area contributed by atoms with E-state index in [2.05, 4.69) is 20.2 Å². The fourth-order valence-corrected chi connectivity index (χ4v) is 3.22. The van der Waals surface area contributed by atoms with E-state index in [0.29, 0.717) is 19.0 Å². The Hall–Kier alpha value is -2.89. The van der Waals surface area contributed by atoms with E-state index >= 15 is 0 Å². The van der Waals surface area contributed by atoms with Crippen molar-refractivity contribution in [1.29, 1.82) is 0 Å². The van der Waals surface area contributed by atoms with Gasteiger partial charge in [0.05, 0.1) is 11.0 Å². The fourth-order valence-electron chi connectivity index (χ4n) is 3.22. The van der Waals surface area contributed by atoms with Crippen molar-refractivity contribution in [2.24, 2.45) is 0 Å². The quantitative estimate of drug-likeness (QED) is 0.603. The molecular formula is C21H25N5O. The molecule has 2 aromatic heterocycles. The summed E-state index contributed by atoms with van der Waals surface area (Å²) >= 11 is 0. The Morgan fingerprint density at radius 1 is 1.19 bits per heavy atom. The lowest BCUT2D eigenvalue weighted by atomic mass is 10.3. The number of hydrogen-bond acceptors (Lipinski definition) is 4. The van der Waals surface area contributed by atoms with Gasteiger partial charge in [0, 0.05) is 25.2 Å². The molecule has 1 aromatic carbocycles. The maximum atomic E-state index is 12.4. The predicted octanol–water partition coefficient (Wildman–Crippen LogP) is 3.24. The Balaban J connectivity index is 1.28. The number of nitrogens with one attached hydrogen (secondary N) is 2. The van der Waals surface area contributed by atoms with E-state index in [1.807, 2.05) is 49.5 Å². The molecule has 1 aliphatic carbocycles. The number of fused-ring (bicyclic) bond motifs is 1. The molecule has 6 nitrogen and oxygen atoms in total. The van der Waals surface area contributed by atoms with E-state index in [1.54, 1.807) is 0 Å². The molecule has 1 fully saturated rings. The molecule has 0 spiro atoms. The normalized spacial score (nSPS) is 13.7. The molecule has 4 rings (SSSR count). The first-order valence-corrected chi connectivity index (χ1v) is 9.59. The molecule has 0 unspecified atom stereocenters. The second kappa shape index (κ2) is 7.78. The molecule has 1 aliphatic rings. The first kappa shape index (κ1) is 17.5. The average Bonchev–Trinajstić information content (AvgIpc) is 3.46. The van der Waals surface area contributed by atoms with Gasteiger partial charge >= 0.3 is 0 Å². The molecule has 0 atom stereocenters. The van der Waals surface area contributed by atoms with Crippen LogP contribution in [0.15, 0.2) is 42.6 Å². The molecule has 2 heterocycles. The Morgan fingerprint density at radius 2 is 2.04 bits per heavy atom. The van der Waals surface area contributed by atoms with Crippen molar-refractivity contribution in [3.05, 3.63) is 54.0 Å². The number of nitrogens with zero attached hydrogens (tertiary/aromatic N) is 3. The van der Waals surface area contributed by atoms with Crippen LogP contribution in [-0.2, 0) is 11.3 Å². The number of para-hydroxylation sites is 2. The Kier molecular flexibility index (Phi) is 5.05. The highest BCUT2D eigenvalue weighted by molar-refractivity contribution is 5.81. The van der Waals surface area contributed by atoms with Crippen LogP contribution in [0.1, 0.15) is 36.6 Å². The third-order valence-corrected chi connectivity index (χ3v) is 4.82. The van der Waals surface area contributed by atoms with Gasteiger partial charge in [0.15, 0.2) is 0 Å². The van der Waals surface area contributed by atoms with E-state index in [-0.39, 0.29) is 5.91 Å². The molecule has 0 bridgehead atoms. The van der Waals surface area contributed by atoms with E-state index in [9.17, 15) is 4.79 Å². The zero-order chi connectivity index (χ0) is 18.6. The maximum absolute atomic E-state index is 12.4. The van der Waals surface area contributed by atoms with E-state index in [1.165, 1.54) is 12.8 Å². The minimum Gasteiger partial charge on any atom is -0.370 e. The largest absolute Gasteiger partial charge is 0.370 e. The second-order valence-corrected chi connectivity index (χ2v) is 7.17. The van der Waals surface area contributed by atoms with Crippen molar-refractivity contribution in [1.82, 2.24) is 19.9 Å². The summed E-state index contributed by atoms with van der Waals surface area (Å²) < 4.78 is 2.08. The molecule has 3 aromatic rings. The third kappa shape index (κ3) is 4.27. The fraction of sp³-hybridized carbons (Fsp3) is 0.381. The number of benzene rings is 1. The standard InChI is InChI=1S/C21H25N5O/c1-15-7-10-19(24-13-15)22-11-4-12-23-20(27)14-26-18-6-3-2-5-17(18)25-21(26)16-8-9-16/h2-3,5-7,10,13,16H,4,8-9,11-12,14H2,1H3,(H,22,24)(H,23,27). The Bertz CT molecular complexity index is 927. The van der Waals surface area contributed by atoms with Gasteiger partial charge in [-0.05, 0) is 49.9 Å². The van der Waals surface area contributed by atoms with Gasteiger partial charge < -0.3 is 15.2 Å². The summed E-state index contributed by atoms with van der Waals surface area (Å²) in [5.41, 5.74) is 3.16. The number of hydrogen-bond donors (Lipinski definition) is 2. The van der Waals surface area contributed by atoms with Crippen LogP contribution in [0.3, 0.4) is 0 Å². The average molecular weight is 363 g/mol. The zero-order valence-electron chi connectivity index (χ0n) is 15.6. The molecule has 0 aliphatic heterocycles. The summed E-state index contributed by atoms with van der Waals surface area (Å²) in [5.74, 6) is 2.47. The highest BCUT2D eigenvalue weighted by atomic mass is 16.1. The van der Waals surface area contributed by atoms with Crippen molar-refractivity contribution < 1.29 is 4.79 Å². The van der Waals surface area contributed by atoms with Crippen molar-refractivity contribution in [3.8, 4) is 0 Å². The van der Waals surface area contributed by atoms with Gasteiger partial charge in [0.1, 0.15) is 18.2 Å². The van der Waals surface area contributed by atoms with E-state index in [4.69, 9.17) is 4.98 Å². The number of rotatable bonds is 8. The number of carbonyl (C=O) groups excluding carboxylic acids is 1. The number of anilines is 1. The SMILES string of the molecule is Cc1ccc(NCCCNC(=O)Cn2c(C3CC3)nc3ccccc32)nc1. The van der Waals surface area contributed by atoms with Crippen LogP contribution in [-0.4, -0.2) is 33.5 Å². The van der Waals surface area contributed by atoms with Crippen LogP contribution < -0.4 is 10.6 Å². The van der Waals surface area contributed by atoms with Crippen molar-refractivity contribution in [2.75, 3.05) is 18.4 Å². The highest BCUT2D eigenvalue weighted by Crippen LogP contribution is 2.40. The first-order valence-electron chi connectivity index (χ1n) is 9.59. The summed E-state index contributed by atoms with van der Waals surface area (Å²) in [6.07, 6.45) is 5.03. The molecule has 27 heavy (non-hydrogen) atoms. The van der Waals surface area contributed by atoms with Crippen LogP contribution in [0.5, 0.6) is 0 Å². The predicted molar refractivity (Wildman–Crippen MR) is 107 cm³/mol. The summed E-state index contributed by atoms with van der Waals surface area (Å²) in [6.45, 7) is 3.77. The van der Waals surface area contributed by atoms with Crippen LogP contribution in [0, 0.1) is 6.92 Å². The molecule has 0 radical (unpaired) electrons. The lowest BCUT2D eigenvalue weighted by Gasteiger charge is -2.10. The van der Waals surface area contributed by atoms with Gasteiger partial charge in [-0.25, -0.2) is 9.97 Å². The van der Waals surface area contributed by atoms with Gasteiger partial charge in [0.25, 0.3) is 0 Å². The molecule has 1 saturated carbocycles. The van der Waals surface area contributed by atoms with Crippen molar-refractivity contribution in [2.45, 2.75) is 38.6 Å². The van der Waals surface area contributed by atoms with Gasteiger partial charge in [-0.15, -0.1) is 0 Å². The van der Waals surface area contributed by atoms with Crippen molar-refractivity contribution in [3.63, 3.8) is 0 Å². The number of amides is 1. The molecule has 1 amide bonds. The van der Waals surface area contributed by atoms with Gasteiger partial charge in [0.2, 0.25) is 5.91 Å². The number of imidazole rings is 1.